The lowest BCUT2D eigenvalue weighted by Crippen LogP contribution is -2.32. The lowest BCUT2D eigenvalue weighted by atomic mass is 10.2. The quantitative estimate of drug-likeness (QED) is 0.782. The topological polar surface area (TPSA) is 53.3 Å². The molecule has 1 aliphatic carbocycles. The van der Waals surface area contributed by atoms with Gasteiger partial charge in [0.25, 0.3) is 0 Å². The lowest BCUT2D eigenvalue weighted by Gasteiger charge is -2.23. The molecule has 1 saturated carbocycles. The van der Waals surface area contributed by atoms with E-state index in [0.29, 0.717) is 18.2 Å². The molecule has 1 aromatic carbocycles. The van der Waals surface area contributed by atoms with Gasteiger partial charge in [-0.15, -0.1) is 0 Å². The maximum Gasteiger partial charge on any atom is 0.325 e. The SMILES string of the molecule is CCOC(=O)CN(c1ccc(C#N)c(Br)c1)C1CC1. The van der Waals surface area contributed by atoms with Crippen molar-refractivity contribution in [2.24, 2.45) is 0 Å². The van der Waals surface area contributed by atoms with E-state index >= 15 is 0 Å². The third kappa shape index (κ3) is 3.48. The van der Waals surface area contributed by atoms with Crippen LogP contribution >= 0.6 is 15.9 Å². The number of halogens is 1. The highest BCUT2D eigenvalue weighted by Crippen LogP contribution is 2.33. The Hall–Kier alpha value is -1.54. The van der Waals surface area contributed by atoms with Gasteiger partial charge in [-0.1, -0.05) is 0 Å². The van der Waals surface area contributed by atoms with Crippen molar-refractivity contribution >= 4 is 27.6 Å². The molecule has 0 atom stereocenters. The monoisotopic (exact) mass is 322 g/mol. The van der Waals surface area contributed by atoms with Gasteiger partial charge in [-0.05, 0) is 53.9 Å². The first-order chi connectivity index (χ1) is 9.15. The standard InChI is InChI=1S/C14H15BrN2O2/c1-2-19-14(18)9-17(11-5-6-11)12-4-3-10(8-16)13(15)7-12/h3-4,7,11H,2,5-6,9H2,1H3. The van der Waals surface area contributed by atoms with Crippen molar-refractivity contribution in [1.29, 1.82) is 5.26 Å². The molecular formula is C14H15BrN2O2. The molecule has 0 amide bonds. The Morgan fingerprint density at radius 3 is 2.84 bits per heavy atom. The first-order valence-corrected chi connectivity index (χ1v) is 7.07. The Kier molecular flexibility index (Phi) is 4.43. The van der Waals surface area contributed by atoms with E-state index in [1.54, 1.807) is 13.0 Å². The molecule has 0 aliphatic heterocycles. The summed E-state index contributed by atoms with van der Waals surface area (Å²) in [5.41, 5.74) is 1.54. The molecule has 0 N–H and O–H groups in total. The number of anilines is 1. The molecule has 0 aromatic heterocycles. The van der Waals surface area contributed by atoms with Crippen LogP contribution in [0.2, 0.25) is 0 Å². The van der Waals surface area contributed by atoms with Gasteiger partial charge in [0.15, 0.2) is 0 Å². The van der Waals surface area contributed by atoms with Crippen LogP contribution in [0.4, 0.5) is 5.69 Å². The highest BCUT2D eigenvalue weighted by molar-refractivity contribution is 9.10. The summed E-state index contributed by atoms with van der Waals surface area (Å²) in [4.78, 5) is 13.7. The van der Waals surface area contributed by atoms with E-state index in [0.717, 1.165) is 23.0 Å². The number of hydrogen-bond donors (Lipinski definition) is 0. The number of carbonyl (C=O) groups excluding carboxylic acids is 1. The zero-order chi connectivity index (χ0) is 13.8. The maximum atomic E-state index is 11.6. The first-order valence-electron chi connectivity index (χ1n) is 6.27. The smallest absolute Gasteiger partial charge is 0.325 e. The average Bonchev–Trinajstić information content (AvgIpc) is 3.20. The lowest BCUT2D eigenvalue weighted by molar-refractivity contribution is -0.141. The zero-order valence-electron chi connectivity index (χ0n) is 10.7. The Balaban J connectivity index is 2.17. The molecule has 5 heteroatoms. The summed E-state index contributed by atoms with van der Waals surface area (Å²) in [7, 11) is 0. The van der Waals surface area contributed by atoms with Gasteiger partial charge >= 0.3 is 5.97 Å². The molecule has 1 fully saturated rings. The van der Waals surface area contributed by atoms with Crippen molar-refractivity contribution in [3.8, 4) is 6.07 Å². The van der Waals surface area contributed by atoms with Crippen molar-refractivity contribution < 1.29 is 9.53 Å². The van der Waals surface area contributed by atoms with E-state index in [2.05, 4.69) is 22.0 Å². The highest BCUT2D eigenvalue weighted by Gasteiger charge is 2.31. The molecule has 0 saturated heterocycles. The Labute approximate surface area is 121 Å². The molecular weight excluding hydrogens is 308 g/mol. The maximum absolute atomic E-state index is 11.6. The number of carbonyl (C=O) groups is 1. The number of benzene rings is 1. The molecule has 0 radical (unpaired) electrons. The number of nitriles is 1. The van der Waals surface area contributed by atoms with Gasteiger partial charge in [0.2, 0.25) is 0 Å². The first kappa shape index (κ1) is 13.9. The van der Waals surface area contributed by atoms with Crippen molar-refractivity contribution in [2.75, 3.05) is 18.1 Å². The van der Waals surface area contributed by atoms with Crippen LogP contribution in [0.15, 0.2) is 22.7 Å². The van der Waals surface area contributed by atoms with Gasteiger partial charge < -0.3 is 9.64 Å². The van der Waals surface area contributed by atoms with E-state index in [-0.39, 0.29) is 12.5 Å². The van der Waals surface area contributed by atoms with Crippen molar-refractivity contribution in [3.63, 3.8) is 0 Å². The molecule has 2 rings (SSSR count). The molecule has 0 spiro atoms. The second kappa shape index (κ2) is 6.07. The second-order valence-corrected chi connectivity index (χ2v) is 5.29. The largest absolute Gasteiger partial charge is 0.465 e. The molecule has 1 aliphatic rings. The summed E-state index contributed by atoms with van der Waals surface area (Å²) in [6.07, 6.45) is 2.19. The number of esters is 1. The molecule has 4 nitrogen and oxygen atoms in total. The van der Waals surface area contributed by atoms with Crippen LogP contribution in [-0.4, -0.2) is 25.2 Å². The predicted octanol–water partition coefficient (Wildman–Crippen LogP) is 2.85. The number of hydrogen-bond acceptors (Lipinski definition) is 4. The zero-order valence-corrected chi connectivity index (χ0v) is 12.3. The fraction of sp³-hybridized carbons (Fsp3) is 0.429. The van der Waals surface area contributed by atoms with Crippen LogP contribution in [-0.2, 0) is 9.53 Å². The minimum atomic E-state index is -0.213. The van der Waals surface area contributed by atoms with Gasteiger partial charge in [-0.2, -0.15) is 5.26 Å². The van der Waals surface area contributed by atoms with Gasteiger partial charge in [0.1, 0.15) is 12.6 Å². The van der Waals surface area contributed by atoms with Crippen LogP contribution in [0, 0.1) is 11.3 Å². The van der Waals surface area contributed by atoms with Crippen molar-refractivity contribution in [1.82, 2.24) is 0 Å². The third-order valence-electron chi connectivity index (χ3n) is 3.00. The number of rotatable bonds is 5. The number of ether oxygens (including phenoxy) is 1. The molecule has 0 heterocycles. The summed E-state index contributed by atoms with van der Waals surface area (Å²) in [5, 5.41) is 8.92. The normalized spacial score (nSPS) is 13.7. The Morgan fingerprint density at radius 2 is 2.32 bits per heavy atom. The minimum Gasteiger partial charge on any atom is -0.465 e. The summed E-state index contributed by atoms with van der Waals surface area (Å²) < 4.78 is 5.75. The summed E-state index contributed by atoms with van der Waals surface area (Å²) in [6.45, 7) is 2.46. The fourth-order valence-corrected chi connectivity index (χ4v) is 2.39. The van der Waals surface area contributed by atoms with E-state index < -0.39 is 0 Å². The summed E-state index contributed by atoms with van der Waals surface area (Å²) >= 11 is 3.38. The number of nitrogens with zero attached hydrogens (tertiary/aromatic N) is 2. The van der Waals surface area contributed by atoms with Gasteiger partial charge in [0, 0.05) is 16.2 Å². The van der Waals surface area contributed by atoms with E-state index in [1.807, 2.05) is 17.0 Å². The molecule has 100 valence electrons. The van der Waals surface area contributed by atoms with Crippen LogP contribution in [0.25, 0.3) is 0 Å². The van der Waals surface area contributed by atoms with E-state index in [4.69, 9.17) is 10.00 Å². The third-order valence-corrected chi connectivity index (χ3v) is 3.65. The van der Waals surface area contributed by atoms with E-state index in [9.17, 15) is 4.79 Å². The summed E-state index contributed by atoms with van der Waals surface area (Å²) in [5.74, 6) is -0.213. The Bertz CT molecular complexity index is 521. The molecule has 1 aromatic rings. The summed E-state index contributed by atoms with van der Waals surface area (Å²) in [6, 6.07) is 8.04. The van der Waals surface area contributed by atoms with Crippen LogP contribution in [0.5, 0.6) is 0 Å². The average molecular weight is 323 g/mol. The van der Waals surface area contributed by atoms with Crippen molar-refractivity contribution in [2.45, 2.75) is 25.8 Å². The molecule has 19 heavy (non-hydrogen) atoms. The van der Waals surface area contributed by atoms with E-state index in [1.165, 1.54) is 0 Å². The molecule has 0 bridgehead atoms. The predicted molar refractivity (Wildman–Crippen MR) is 75.9 cm³/mol. The van der Waals surface area contributed by atoms with Gasteiger partial charge in [0.05, 0.1) is 12.2 Å². The fourth-order valence-electron chi connectivity index (χ4n) is 1.94. The minimum absolute atomic E-state index is 0.213. The highest BCUT2D eigenvalue weighted by atomic mass is 79.9. The second-order valence-electron chi connectivity index (χ2n) is 4.44. The molecule has 0 unspecified atom stereocenters. The van der Waals surface area contributed by atoms with Crippen molar-refractivity contribution in [3.05, 3.63) is 28.2 Å². The van der Waals surface area contributed by atoms with Crippen LogP contribution < -0.4 is 4.90 Å². The van der Waals surface area contributed by atoms with Crippen LogP contribution in [0.3, 0.4) is 0 Å². The Morgan fingerprint density at radius 1 is 1.58 bits per heavy atom. The van der Waals surface area contributed by atoms with Crippen LogP contribution in [0.1, 0.15) is 25.3 Å². The van der Waals surface area contributed by atoms with Gasteiger partial charge in [-0.3, -0.25) is 4.79 Å². The van der Waals surface area contributed by atoms with Gasteiger partial charge in [-0.25, -0.2) is 0 Å².